The fraction of sp³-hybridized carbons (Fsp3) is 0.375. The minimum Gasteiger partial charge on any atom is -0.508 e. The molecule has 30 heavy (non-hydrogen) atoms. The predicted octanol–water partition coefficient (Wildman–Crippen LogP) is 3.95. The molecule has 1 aliphatic heterocycles. The summed E-state index contributed by atoms with van der Waals surface area (Å²) in [6, 6.07) is 11.4. The van der Waals surface area contributed by atoms with Crippen molar-refractivity contribution >= 4 is 5.95 Å². The van der Waals surface area contributed by atoms with E-state index in [9.17, 15) is 5.11 Å². The third-order valence-electron chi connectivity index (χ3n) is 5.48. The van der Waals surface area contributed by atoms with E-state index in [0.29, 0.717) is 13.2 Å². The summed E-state index contributed by atoms with van der Waals surface area (Å²) < 4.78 is 5.47. The Balaban J connectivity index is 1.57. The number of nitrogens with zero attached hydrogens (tertiary/aromatic N) is 4. The van der Waals surface area contributed by atoms with Gasteiger partial charge < -0.3 is 14.7 Å². The van der Waals surface area contributed by atoms with E-state index in [1.807, 2.05) is 30.6 Å². The van der Waals surface area contributed by atoms with Crippen molar-refractivity contribution in [1.82, 2.24) is 15.0 Å². The molecule has 3 heterocycles. The van der Waals surface area contributed by atoms with Crippen molar-refractivity contribution < 1.29 is 9.84 Å². The number of phenols is 1. The topological polar surface area (TPSA) is 71.4 Å². The average Bonchev–Trinajstić information content (AvgIpc) is 2.78. The van der Waals surface area contributed by atoms with Crippen molar-refractivity contribution in [2.75, 3.05) is 31.2 Å². The summed E-state index contributed by atoms with van der Waals surface area (Å²) in [4.78, 5) is 16.1. The van der Waals surface area contributed by atoms with E-state index in [1.165, 1.54) is 5.56 Å². The van der Waals surface area contributed by atoms with Crippen molar-refractivity contribution in [2.24, 2.45) is 0 Å². The third-order valence-corrected chi connectivity index (χ3v) is 5.48. The molecule has 6 nitrogen and oxygen atoms in total. The van der Waals surface area contributed by atoms with E-state index < -0.39 is 0 Å². The van der Waals surface area contributed by atoms with Crippen LogP contribution in [0.4, 0.5) is 5.95 Å². The minimum atomic E-state index is 0.249. The SMILES string of the molecule is Cc1nc(N2CCOCC2)nc(-c2cccc(O)c2)c1CCCCc1cccnc1. The molecule has 0 bridgehead atoms. The number of hydrogen-bond acceptors (Lipinski definition) is 6. The normalized spacial score (nSPS) is 14.1. The molecule has 0 unspecified atom stereocenters. The molecule has 0 aliphatic carbocycles. The van der Waals surface area contributed by atoms with Crippen molar-refractivity contribution in [3.05, 3.63) is 65.6 Å². The van der Waals surface area contributed by atoms with Gasteiger partial charge in [-0.1, -0.05) is 18.2 Å². The summed E-state index contributed by atoms with van der Waals surface area (Å²) >= 11 is 0. The number of ether oxygens (including phenoxy) is 1. The molecule has 1 aliphatic rings. The molecule has 3 aromatic rings. The Bertz CT molecular complexity index is 972. The number of unbranched alkanes of at least 4 members (excludes halogenated alkanes) is 1. The lowest BCUT2D eigenvalue weighted by atomic mass is 9.98. The lowest BCUT2D eigenvalue weighted by molar-refractivity contribution is 0.122. The van der Waals surface area contributed by atoms with Crippen LogP contribution in [-0.4, -0.2) is 46.4 Å². The van der Waals surface area contributed by atoms with Gasteiger partial charge in [-0.05, 0) is 61.9 Å². The van der Waals surface area contributed by atoms with Crippen molar-refractivity contribution in [3.8, 4) is 17.0 Å². The smallest absolute Gasteiger partial charge is 0.226 e. The molecule has 6 heteroatoms. The van der Waals surface area contributed by atoms with E-state index in [2.05, 4.69) is 22.9 Å². The van der Waals surface area contributed by atoms with Gasteiger partial charge in [0.2, 0.25) is 5.95 Å². The molecule has 0 saturated carbocycles. The standard InChI is InChI=1S/C24H28N4O2/c1-18-22(10-3-2-6-19-7-5-11-25-17-19)23(20-8-4-9-21(29)16-20)27-24(26-18)28-12-14-30-15-13-28/h4-5,7-9,11,16-17,29H,2-3,6,10,12-15H2,1H3. The molecule has 1 saturated heterocycles. The zero-order valence-electron chi connectivity index (χ0n) is 17.4. The molecule has 0 atom stereocenters. The first-order valence-electron chi connectivity index (χ1n) is 10.6. The number of rotatable bonds is 7. The highest BCUT2D eigenvalue weighted by atomic mass is 16.5. The molecule has 1 aromatic carbocycles. The quantitative estimate of drug-likeness (QED) is 0.601. The van der Waals surface area contributed by atoms with Crippen LogP contribution in [-0.2, 0) is 17.6 Å². The van der Waals surface area contributed by atoms with E-state index in [1.54, 1.807) is 12.1 Å². The monoisotopic (exact) mass is 404 g/mol. The molecule has 0 amide bonds. The second kappa shape index (κ2) is 9.67. The summed E-state index contributed by atoms with van der Waals surface area (Å²) in [5.41, 5.74) is 5.27. The van der Waals surface area contributed by atoms with Crippen LogP contribution in [0.5, 0.6) is 5.75 Å². The average molecular weight is 405 g/mol. The van der Waals surface area contributed by atoms with Gasteiger partial charge in [-0.15, -0.1) is 0 Å². The van der Waals surface area contributed by atoms with E-state index in [0.717, 1.165) is 67.2 Å². The van der Waals surface area contributed by atoms with Gasteiger partial charge in [-0.25, -0.2) is 9.97 Å². The summed E-state index contributed by atoms with van der Waals surface area (Å²) in [5, 5.41) is 10.0. The lowest BCUT2D eigenvalue weighted by Crippen LogP contribution is -2.37. The van der Waals surface area contributed by atoms with Gasteiger partial charge in [0.25, 0.3) is 0 Å². The first-order valence-corrected chi connectivity index (χ1v) is 10.6. The van der Waals surface area contributed by atoms with Crippen molar-refractivity contribution in [1.29, 1.82) is 0 Å². The second-order valence-electron chi connectivity index (χ2n) is 7.65. The van der Waals surface area contributed by atoms with E-state index in [-0.39, 0.29) is 5.75 Å². The van der Waals surface area contributed by atoms with E-state index >= 15 is 0 Å². The predicted molar refractivity (Wildman–Crippen MR) is 118 cm³/mol. The number of pyridine rings is 1. The minimum absolute atomic E-state index is 0.249. The van der Waals surface area contributed by atoms with Crippen LogP contribution < -0.4 is 4.90 Å². The van der Waals surface area contributed by atoms with Crippen molar-refractivity contribution in [3.63, 3.8) is 0 Å². The summed E-state index contributed by atoms with van der Waals surface area (Å²) in [6.07, 6.45) is 7.78. The molecule has 4 rings (SSSR count). The van der Waals surface area contributed by atoms with Crippen LogP contribution in [0.2, 0.25) is 0 Å². The van der Waals surface area contributed by atoms with Gasteiger partial charge in [0.1, 0.15) is 5.75 Å². The molecule has 0 radical (unpaired) electrons. The molecule has 156 valence electrons. The second-order valence-corrected chi connectivity index (χ2v) is 7.65. The fourth-order valence-corrected chi connectivity index (χ4v) is 3.85. The number of aryl methyl sites for hydroxylation is 2. The number of benzene rings is 1. The first kappa shape index (κ1) is 20.3. The van der Waals surface area contributed by atoms with Gasteiger partial charge in [-0.3, -0.25) is 4.98 Å². The Morgan fingerprint density at radius 3 is 2.63 bits per heavy atom. The number of anilines is 1. The number of aromatic nitrogens is 3. The van der Waals surface area contributed by atoms with Gasteiger partial charge in [-0.2, -0.15) is 0 Å². The summed E-state index contributed by atoms with van der Waals surface area (Å²) in [7, 11) is 0. The molecule has 0 spiro atoms. The Morgan fingerprint density at radius 2 is 1.87 bits per heavy atom. The Hall–Kier alpha value is -2.99. The zero-order chi connectivity index (χ0) is 20.8. The Kier molecular flexibility index (Phi) is 6.54. The maximum Gasteiger partial charge on any atom is 0.226 e. The summed E-state index contributed by atoms with van der Waals surface area (Å²) in [5.74, 6) is 0.993. The highest BCUT2D eigenvalue weighted by molar-refractivity contribution is 5.67. The van der Waals surface area contributed by atoms with Crippen LogP contribution in [0.25, 0.3) is 11.3 Å². The molecular weight excluding hydrogens is 376 g/mol. The lowest BCUT2D eigenvalue weighted by Gasteiger charge is -2.28. The van der Waals surface area contributed by atoms with Crippen molar-refractivity contribution in [2.45, 2.75) is 32.6 Å². The molecule has 1 N–H and O–H groups in total. The van der Waals surface area contributed by atoms with Crippen LogP contribution in [0.15, 0.2) is 48.8 Å². The molecule has 2 aromatic heterocycles. The number of phenolic OH excluding ortho intramolecular Hbond substituents is 1. The Labute approximate surface area is 177 Å². The first-order chi connectivity index (χ1) is 14.7. The largest absolute Gasteiger partial charge is 0.508 e. The highest BCUT2D eigenvalue weighted by Gasteiger charge is 2.19. The van der Waals surface area contributed by atoms with Crippen LogP contribution in [0.1, 0.15) is 29.7 Å². The van der Waals surface area contributed by atoms with Crippen LogP contribution in [0, 0.1) is 6.92 Å². The van der Waals surface area contributed by atoms with Gasteiger partial charge in [0.05, 0.1) is 18.9 Å². The van der Waals surface area contributed by atoms with Crippen LogP contribution >= 0.6 is 0 Å². The Morgan fingerprint density at radius 1 is 1.03 bits per heavy atom. The number of hydrogen-bond donors (Lipinski definition) is 1. The van der Waals surface area contributed by atoms with E-state index in [4.69, 9.17) is 14.7 Å². The molecule has 1 fully saturated rings. The number of morpholine rings is 1. The maximum atomic E-state index is 10.0. The summed E-state index contributed by atoms with van der Waals surface area (Å²) in [6.45, 7) is 5.04. The van der Waals surface area contributed by atoms with Gasteiger partial charge >= 0.3 is 0 Å². The van der Waals surface area contributed by atoms with Gasteiger partial charge in [0, 0.05) is 36.7 Å². The third kappa shape index (κ3) is 4.94. The number of aromatic hydroxyl groups is 1. The maximum absolute atomic E-state index is 10.0. The molecular formula is C24H28N4O2. The van der Waals surface area contributed by atoms with Crippen LogP contribution in [0.3, 0.4) is 0 Å². The highest BCUT2D eigenvalue weighted by Crippen LogP contribution is 2.29. The van der Waals surface area contributed by atoms with Gasteiger partial charge in [0.15, 0.2) is 0 Å². The zero-order valence-corrected chi connectivity index (χ0v) is 17.4. The fourth-order valence-electron chi connectivity index (χ4n) is 3.85.